The number of nitrogens with zero attached hydrogens (tertiary/aromatic N) is 2. The van der Waals surface area contributed by atoms with E-state index in [0.717, 1.165) is 61.8 Å². The van der Waals surface area contributed by atoms with Crippen LogP contribution in [-0.4, -0.2) is 20.9 Å². The monoisotopic (exact) mass is 370 g/mol. The molecule has 5 heteroatoms. The number of aromatic carboxylic acids is 1. The van der Waals surface area contributed by atoms with Gasteiger partial charge in [-0.3, -0.25) is 4.68 Å². The zero-order valence-corrected chi connectivity index (χ0v) is 15.7. The molecule has 0 amide bonds. The quantitative estimate of drug-likeness (QED) is 0.745. The fourth-order valence-corrected chi connectivity index (χ4v) is 4.91. The van der Waals surface area contributed by atoms with E-state index in [1.807, 2.05) is 6.07 Å². The maximum absolute atomic E-state index is 13.7. The Morgan fingerprint density at radius 1 is 1.15 bits per heavy atom. The van der Waals surface area contributed by atoms with Crippen LogP contribution in [0.15, 0.2) is 24.3 Å². The Morgan fingerprint density at radius 2 is 1.93 bits per heavy atom. The first-order chi connectivity index (χ1) is 13.1. The van der Waals surface area contributed by atoms with Crippen molar-refractivity contribution in [1.29, 1.82) is 0 Å². The van der Waals surface area contributed by atoms with Gasteiger partial charge in [0.15, 0.2) is 5.69 Å². The normalized spacial score (nSPS) is 20.9. The average molecular weight is 370 g/mol. The molecule has 4 nitrogen and oxygen atoms in total. The number of carboxylic acids is 1. The van der Waals surface area contributed by atoms with Gasteiger partial charge in [0.25, 0.3) is 0 Å². The molecule has 2 aliphatic carbocycles. The van der Waals surface area contributed by atoms with Crippen LogP contribution >= 0.6 is 0 Å². The fourth-order valence-electron chi connectivity index (χ4n) is 4.91. The van der Waals surface area contributed by atoms with E-state index in [2.05, 4.69) is 9.78 Å². The van der Waals surface area contributed by atoms with Crippen LogP contribution < -0.4 is 0 Å². The molecule has 27 heavy (non-hydrogen) atoms. The summed E-state index contributed by atoms with van der Waals surface area (Å²) < 4.78 is 15.7. The van der Waals surface area contributed by atoms with Gasteiger partial charge in [-0.15, -0.1) is 0 Å². The van der Waals surface area contributed by atoms with Crippen molar-refractivity contribution in [3.8, 4) is 0 Å². The molecule has 1 unspecified atom stereocenters. The molecular weight excluding hydrogens is 343 g/mol. The van der Waals surface area contributed by atoms with Gasteiger partial charge in [0.1, 0.15) is 5.82 Å². The Hall–Kier alpha value is -2.17. The standard InChI is InChI=1S/C22H27FN2O2/c23-17-9-6-7-15(14-17)13-16-8-4-5-12-19-20(22(26)27)24-25(21(16)19)18-10-2-1-3-11-18/h6-7,9,14,16,18H,1-5,8,10-13H2,(H,26,27). The summed E-state index contributed by atoms with van der Waals surface area (Å²) in [6, 6.07) is 7.09. The third-order valence-electron chi connectivity index (χ3n) is 6.16. The van der Waals surface area contributed by atoms with E-state index < -0.39 is 5.97 Å². The Kier molecular flexibility index (Phi) is 5.28. The van der Waals surface area contributed by atoms with Gasteiger partial charge in [-0.2, -0.15) is 5.10 Å². The van der Waals surface area contributed by atoms with E-state index in [1.165, 1.54) is 25.3 Å². The van der Waals surface area contributed by atoms with E-state index in [0.29, 0.717) is 6.04 Å². The molecular formula is C22H27FN2O2. The number of aromatic nitrogens is 2. The van der Waals surface area contributed by atoms with Crippen molar-refractivity contribution in [2.24, 2.45) is 0 Å². The lowest BCUT2D eigenvalue weighted by Gasteiger charge is -2.27. The number of hydrogen-bond acceptors (Lipinski definition) is 2. The summed E-state index contributed by atoms with van der Waals surface area (Å²) in [6.45, 7) is 0. The maximum Gasteiger partial charge on any atom is 0.356 e. The number of rotatable bonds is 4. The van der Waals surface area contributed by atoms with Gasteiger partial charge in [0.05, 0.1) is 6.04 Å². The van der Waals surface area contributed by atoms with Gasteiger partial charge in [0, 0.05) is 17.2 Å². The number of halogens is 1. The number of fused-ring (bicyclic) bond motifs is 1. The summed E-state index contributed by atoms with van der Waals surface area (Å²) in [7, 11) is 0. The van der Waals surface area contributed by atoms with Crippen LogP contribution in [-0.2, 0) is 12.8 Å². The SMILES string of the molecule is O=C(O)c1nn(C2CCCCC2)c2c1CCCCC2Cc1cccc(F)c1. The van der Waals surface area contributed by atoms with Crippen LogP contribution in [0.1, 0.15) is 90.6 Å². The molecule has 1 N–H and O–H groups in total. The Bertz CT molecular complexity index is 824. The first kappa shape index (κ1) is 18.2. The van der Waals surface area contributed by atoms with Crippen molar-refractivity contribution in [3.05, 3.63) is 52.6 Å². The second-order valence-corrected chi connectivity index (χ2v) is 8.03. The molecule has 1 atom stereocenters. The summed E-state index contributed by atoms with van der Waals surface area (Å²) in [4.78, 5) is 11.9. The van der Waals surface area contributed by atoms with E-state index in [4.69, 9.17) is 0 Å². The minimum Gasteiger partial charge on any atom is -0.476 e. The van der Waals surface area contributed by atoms with Crippen LogP contribution in [0.2, 0.25) is 0 Å². The molecule has 4 rings (SSSR count). The zero-order valence-electron chi connectivity index (χ0n) is 15.7. The molecule has 0 saturated heterocycles. The minimum atomic E-state index is -0.924. The zero-order chi connectivity index (χ0) is 18.8. The van der Waals surface area contributed by atoms with Crippen LogP contribution in [0, 0.1) is 5.82 Å². The van der Waals surface area contributed by atoms with Crippen molar-refractivity contribution < 1.29 is 14.3 Å². The van der Waals surface area contributed by atoms with E-state index in [1.54, 1.807) is 12.1 Å². The predicted octanol–water partition coefficient (Wildman–Crippen LogP) is 5.28. The van der Waals surface area contributed by atoms with Crippen molar-refractivity contribution in [3.63, 3.8) is 0 Å². The topological polar surface area (TPSA) is 55.1 Å². The van der Waals surface area contributed by atoms with Crippen LogP contribution in [0.3, 0.4) is 0 Å². The molecule has 1 aromatic carbocycles. The van der Waals surface area contributed by atoms with Crippen LogP contribution in [0.4, 0.5) is 4.39 Å². The van der Waals surface area contributed by atoms with Crippen molar-refractivity contribution in [2.45, 2.75) is 76.2 Å². The molecule has 0 radical (unpaired) electrons. The highest BCUT2D eigenvalue weighted by Crippen LogP contribution is 2.39. The van der Waals surface area contributed by atoms with Gasteiger partial charge < -0.3 is 5.11 Å². The Balaban J connectivity index is 1.76. The van der Waals surface area contributed by atoms with Crippen LogP contribution in [0.5, 0.6) is 0 Å². The average Bonchev–Trinajstić information content (AvgIpc) is 2.93. The number of carboxylic acid groups (broad SMARTS) is 1. The molecule has 1 fully saturated rings. The van der Waals surface area contributed by atoms with Gasteiger partial charge in [-0.25, -0.2) is 9.18 Å². The highest BCUT2D eigenvalue weighted by atomic mass is 19.1. The summed E-state index contributed by atoms with van der Waals surface area (Å²) in [5, 5.41) is 14.3. The largest absolute Gasteiger partial charge is 0.476 e. The second-order valence-electron chi connectivity index (χ2n) is 8.03. The number of hydrogen-bond donors (Lipinski definition) is 1. The Labute approximate surface area is 159 Å². The Morgan fingerprint density at radius 3 is 2.67 bits per heavy atom. The van der Waals surface area contributed by atoms with E-state index in [9.17, 15) is 14.3 Å². The molecule has 2 aromatic rings. The van der Waals surface area contributed by atoms with Gasteiger partial charge in [-0.1, -0.05) is 37.8 Å². The molecule has 1 heterocycles. The van der Waals surface area contributed by atoms with Crippen molar-refractivity contribution in [1.82, 2.24) is 9.78 Å². The van der Waals surface area contributed by atoms with Gasteiger partial charge in [0.2, 0.25) is 0 Å². The fraction of sp³-hybridized carbons (Fsp3) is 0.545. The molecule has 0 spiro atoms. The predicted molar refractivity (Wildman–Crippen MR) is 102 cm³/mol. The molecule has 0 bridgehead atoms. The summed E-state index contributed by atoms with van der Waals surface area (Å²) in [5.41, 5.74) is 3.25. The summed E-state index contributed by atoms with van der Waals surface area (Å²) >= 11 is 0. The minimum absolute atomic E-state index is 0.201. The first-order valence-corrected chi connectivity index (χ1v) is 10.2. The third kappa shape index (κ3) is 3.78. The first-order valence-electron chi connectivity index (χ1n) is 10.2. The number of benzene rings is 1. The maximum atomic E-state index is 13.7. The number of carbonyl (C=O) groups is 1. The molecule has 1 saturated carbocycles. The molecule has 2 aliphatic rings. The van der Waals surface area contributed by atoms with Gasteiger partial charge in [-0.05, 0) is 56.2 Å². The molecule has 1 aromatic heterocycles. The highest BCUT2D eigenvalue weighted by molar-refractivity contribution is 5.87. The lowest BCUT2D eigenvalue weighted by molar-refractivity contribution is 0.0687. The molecule has 144 valence electrons. The smallest absolute Gasteiger partial charge is 0.356 e. The summed E-state index contributed by atoms with van der Waals surface area (Å²) in [5.74, 6) is -0.938. The van der Waals surface area contributed by atoms with E-state index >= 15 is 0 Å². The highest BCUT2D eigenvalue weighted by Gasteiger charge is 2.32. The third-order valence-corrected chi connectivity index (χ3v) is 6.16. The molecule has 0 aliphatic heterocycles. The van der Waals surface area contributed by atoms with Crippen LogP contribution in [0.25, 0.3) is 0 Å². The van der Waals surface area contributed by atoms with E-state index in [-0.39, 0.29) is 17.4 Å². The lowest BCUT2D eigenvalue weighted by atomic mass is 9.89. The van der Waals surface area contributed by atoms with Crippen molar-refractivity contribution in [2.75, 3.05) is 0 Å². The lowest BCUT2D eigenvalue weighted by Crippen LogP contribution is -2.19. The summed E-state index contributed by atoms with van der Waals surface area (Å²) in [6.07, 6.45) is 10.3. The second kappa shape index (κ2) is 7.83. The van der Waals surface area contributed by atoms with Gasteiger partial charge >= 0.3 is 5.97 Å². The van der Waals surface area contributed by atoms with Crippen molar-refractivity contribution >= 4 is 5.97 Å².